The molecule has 0 aliphatic carbocycles. The lowest BCUT2D eigenvalue weighted by Gasteiger charge is -2.35. The summed E-state index contributed by atoms with van der Waals surface area (Å²) in [5.74, 6) is 0.922. The Kier molecular flexibility index (Phi) is 3.92. The number of rotatable bonds is 4. The molecule has 0 aromatic heterocycles. The molecule has 0 radical (unpaired) electrons. The molecular weight excluding hydrogens is 236 g/mol. The maximum atomic E-state index is 6.17. The highest BCUT2D eigenvalue weighted by Gasteiger charge is 2.22. The van der Waals surface area contributed by atoms with Crippen LogP contribution < -0.4 is 10.1 Å². The fourth-order valence-corrected chi connectivity index (χ4v) is 2.18. The molecule has 2 rings (SSSR count). The SMILES string of the molecule is COc1cc(C)c(Cl)cc1CN(C)C1CNC1. The van der Waals surface area contributed by atoms with Gasteiger partial charge in [0.2, 0.25) is 0 Å². The van der Waals surface area contributed by atoms with Crippen LogP contribution in [0.4, 0.5) is 0 Å². The minimum absolute atomic E-state index is 0.625. The van der Waals surface area contributed by atoms with E-state index in [9.17, 15) is 0 Å². The normalized spacial score (nSPS) is 16.1. The molecule has 1 saturated heterocycles. The Morgan fingerprint density at radius 2 is 2.18 bits per heavy atom. The molecule has 4 heteroatoms. The first-order valence-electron chi connectivity index (χ1n) is 5.85. The largest absolute Gasteiger partial charge is 0.496 e. The van der Waals surface area contributed by atoms with E-state index in [0.29, 0.717) is 6.04 Å². The third-order valence-corrected chi connectivity index (χ3v) is 3.77. The summed E-state index contributed by atoms with van der Waals surface area (Å²) in [6, 6.07) is 4.64. The van der Waals surface area contributed by atoms with E-state index in [1.165, 1.54) is 0 Å². The van der Waals surface area contributed by atoms with Crippen molar-refractivity contribution in [1.29, 1.82) is 0 Å². The van der Waals surface area contributed by atoms with Crippen LogP contribution in [0, 0.1) is 6.92 Å². The van der Waals surface area contributed by atoms with Gasteiger partial charge in [-0.25, -0.2) is 0 Å². The van der Waals surface area contributed by atoms with Gasteiger partial charge in [0.05, 0.1) is 7.11 Å². The zero-order chi connectivity index (χ0) is 12.4. The second kappa shape index (κ2) is 5.25. The number of likely N-dealkylation sites (N-methyl/N-ethyl adjacent to an activating group) is 1. The van der Waals surface area contributed by atoms with Crippen LogP contribution in [-0.4, -0.2) is 38.2 Å². The van der Waals surface area contributed by atoms with Crippen molar-refractivity contribution in [3.8, 4) is 5.75 Å². The Hall–Kier alpha value is -0.770. The first-order chi connectivity index (χ1) is 8.11. The van der Waals surface area contributed by atoms with Crippen molar-refractivity contribution in [1.82, 2.24) is 10.2 Å². The van der Waals surface area contributed by atoms with Gasteiger partial charge in [-0.3, -0.25) is 4.90 Å². The van der Waals surface area contributed by atoms with E-state index in [-0.39, 0.29) is 0 Å². The lowest BCUT2D eigenvalue weighted by Crippen LogP contribution is -2.55. The highest BCUT2D eigenvalue weighted by Crippen LogP contribution is 2.27. The zero-order valence-corrected chi connectivity index (χ0v) is 11.3. The number of ether oxygens (including phenoxy) is 1. The zero-order valence-electron chi connectivity index (χ0n) is 10.6. The third-order valence-electron chi connectivity index (χ3n) is 3.36. The summed E-state index contributed by atoms with van der Waals surface area (Å²) in [5.41, 5.74) is 2.21. The quantitative estimate of drug-likeness (QED) is 0.890. The van der Waals surface area contributed by atoms with Crippen LogP contribution in [0.15, 0.2) is 12.1 Å². The first-order valence-corrected chi connectivity index (χ1v) is 6.23. The summed E-state index contributed by atoms with van der Waals surface area (Å²) < 4.78 is 5.41. The summed E-state index contributed by atoms with van der Waals surface area (Å²) >= 11 is 6.17. The monoisotopic (exact) mass is 254 g/mol. The average Bonchev–Trinajstić information content (AvgIpc) is 2.20. The molecule has 17 heavy (non-hydrogen) atoms. The lowest BCUT2D eigenvalue weighted by molar-refractivity contribution is 0.171. The van der Waals surface area contributed by atoms with Crippen LogP contribution in [0.3, 0.4) is 0 Å². The first kappa shape index (κ1) is 12.7. The highest BCUT2D eigenvalue weighted by atomic mass is 35.5. The molecule has 0 unspecified atom stereocenters. The second-order valence-electron chi connectivity index (χ2n) is 4.64. The molecule has 0 spiro atoms. The predicted molar refractivity (Wildman–Crippen MR) is 70.9 cm³/mol. The number of hydrogen-bond donors (Lipinski definition) is 1. The molecule has 0 saturated carbocycles. The van der Waals surface area contributed by atoms with E-state index < -0.39 is 0 Å². The van der Waals surface area contributed by atoms with Crippen molar-refractivity contribution in [3.63, 3.8) is 0 Å². The summed E-state index contributed by atoms with van der Waals surface area (Å²) in [5, 5.41) is 4.08. The van der Waals surface area contributed by atoms with Gasteiger partial charge < -0.3 is 10.1 Å². The Morgan fingerprint density at radius 3 is 2.71 bits per heavy atom. The van der Waals surface area contributed by atoms with E-state index in [1.54, 1.807) is 7.11 Å². The van der Waals surface area contributed by atoms with Crippen molar-refractivity contribution in [3.05, 3.63) is 28.3 Å². The molecule has 0 atom stereocenters. The van der Waals surface area contributed by atoms with E-state index in [2.05, 4.69) is 17.3 Å². The van der Waals surface area contributed by atoms with Crippen LogP contribution in [0.25, 0.3) is 0 Å². The minimum atomic E-state index is 0.625. The molecule has 1 heterocycles. The Labute approximate surface area is 108 Å². The number of nitrogens with zero attached hydrogens (tertiary/aromatic N) is 1. The van der Waals surface area contributed by atoms with Crippen LogP contribution in [0.2, 0.25) is 5.02 Å². The van der Waals surface area contributed by atoms with Gasteiger partial charge in [-0.2, -0.15) is 0 Å². The van der Waals surface area contributed by atoms with E-state index >= 15 is 0 Å². The average molecular weight is 255 g/mol. The van der Waals surface area contributed by atoms with Crippen LogP contribution >= 0.6 is 11.6 Å². The third kappa shape index (κ3) is 2.73. The maximum Gasteiger partial charge on any atom is 0.123 e. The van der Waals surface area contributed by atoms with Crippen LogP contribution in [0.5, 0.6) is 5.75 Å². The molecule has 1 aliphatic rings. The van der Waals surface area contributed by atoms with E-state index in [1.807, 2.05) is 19.1 Å². The summed E-state index contributed by atoms with van der Waals surface area (Å²) in [4.78, 5) is 2.33. The van der Waals surface area contributed by atoms with Gasteiger partial charge in [0.25, 0.3) is 0 Å². The molecule has 1 fully saturated rings. The number of aryl methyl sites for hydroxylation is 1. The van der Waals surface area contributed by atoms with Gasteiger partial charge in [-0.05, 0) is 31.7 Å². The van der Waals surface area contributed by atoms with Gasteiger partial charge in [0.15, 0.2) is 0 Å². The summed E-state index contributed by atoms with van der Waals surface area (Å²) in [6.45, 7) is 5.00. The second-order valence-corrected chi connectivity index (χ2v) is 5.05. The predicted octanol–water partition coefficient (Wildman–Crippen LogP) is 2.06. The Morgan fingerprint density at radius 1 is 1.47 bits per heavy atom. The van der Waals surface area contributed by atoms with Gasteiger partial charge in [-0.15, -0.1) is 0 Å². The summed E-state index contributed by atoms with van der Waals surface area (Å²) in [7, 11) is 3.84. The van der Waals surface area contributed by atoms with Gasteiger partial charge in [0.1, 0.15) is 5.75 Å². The molecule has 3 nitrogen and oxygen atoms in total. The van der Waals surface area contributed by atoms with Crippen LogP contribution in [0.1, 0.15) is 11.1 Å². The molecule has 94 valence electrons. The fraction of sp³-hybridized carbons (Fsp3) is 0.538. The number of methoxy groups -OCH3 is 1. The number of nitrogens with one attached hydrogen (secondary N) is 1. The molecule has 1 aliphatic heterocycles. The van der Waals surface area contributed by atoms with Crippen molar-refractivity contribution in [2.75, 3.05) is 27.2 Å². The molecule has 0 amide bonds. The topological polar surface area (TPSA) is 24.5 Å². The van der Waals surface area contributed by atoms with Crippen molar-refractivity contribution >= 4 is 11.6 Å². The Balaban J connectivity index is 2.15. The van der Waals surface area contributed by atoms with E-state index in [0.717, 1.165) is 41.5 Å². The standard InChI is InChI=1S/C13H19ClN2O/c1-9-4-13(17-3)10(5-12(9)14)8-16(2)11-6-15-7-11/h4-5,11,15H,6-8H2,1-3H3. The van der Waals surface area contributed by atoms with Crippen molar-refractivity contribution in [2.24, 2.45) is 0 Å². The minimum Gasteiger partial charge on any atom is -0.496 e. The molecule has 1 N–H and O–H groups in total. The molecule has 1 aromatic rings. The number of halogens is 1. The Bertz CT molecular complexity index is 405. The van der Waals surface area contributed by atoms with E-state index in [4.69, 9.17) is 16.3 Å². The van der Waals surface area contributed by atoms with Crippen molar-refractivity contribution < 1.29 is 4.74 Å². The number of benzene rings is 1. The number of hydrogen-bond acceptors (Lipinski definition) is 3. The maximum absolute atomic E-state index is 6.17. The summed E-state index contributed by atoms with van der Waals surface area (Å²) in [6.07, 6.45) is 0. The van der Waals surface area contributed by atoms with Gasteiger partial charge in [0, 0.05) is 36.3 Å². The smallest absolute Gasteiger partial charge is 0.123 e. The van der Waals surface area contributed by atoms with Crippen LogP contribution in [-0.2, 0) is 6.54 Å². The molecule has 0 bridgehead atoms. The van der Waals surface area contributed by atoms with Gasteiger partial charge >= 0.3 is 0 Å². The molecule has 1 aromatic carbocycles. The molecular formula is C13H19ClN2O. The highest BCUT2D eigenvalue weighted by molar-refractivity contribution is 6.31. The fourth-order valence-electron chi connectivity index (χ4n) is 1.99. The lowest BCUT2D eigenvalue weighted by atomic mass is 10.1. The van der Waals surface area contributed by atoms with Gasteiger partial charge in [-0.1, -0.05) is 11.6 Å². The van der Waals surface area contributed by atoms with Crippen molar-refractivity contribution in [2.45, 2.75) is 19.5 Å².